The molecule has 0 heterocycles. The van der Waals surface area contributed by atoms with Gasteiger partial charge in [-0.2, -0.15) is 0 Å². The molecule has 18 heavy (non-hydrogen) atoms. The third-order valence-corrected chi connectivity index (χ3v) is 4.36. The topological polar surface area (TPSA) is 46.3 Å². The summed E-state index contributed by atoms with van der Waals surface area (Å²) in [6.07, 6.45) is 5.96. The van der Waals surface area contributed by atoms with Gasteiger partial charge in [0.15, 0.2) is 0 Å². The summed E-state index contributed by atoms with van der Waals surface area (Å²) in [6.45, 7) is 0. The summed E-state index contributed by atoms with van der Waals surface area (Å²) in [5, 5.41) is 0. The van der Waals surface area contributed by atoms with Gasteiger partial charge in [0.1, 0.15) is 0 Å². The Morgan fingerprint density at radius 3 is 2.67 bits per heavy atom. The van der Waals surface area contributed by atoms with Crippen LogP contribution in [0.2, 0.25) is 0 Å². The van der Waals surface area contributed by atoms with Gasteiger partial charge in [-0.15, -0.1) is 0 Å². The van der Waals surface area contributed by atoms with Crippen molar-refractivity contribution in [1.82, 2.24) is 4.90 Å². The average molecular weight is 311 g/mol. The Kier molecular flexibility index (Phi) is 4.27. The molecule has 4 heteroatoms. The summed E-state index contributed by atoms with van der Waals surface area (Å²) in [4.78, 5) is 14.3. The zero-order valence-electron chi connectivity index (χ0n) is 10.7. The van der Waals surface area contributed by atoms with Gasteiger partial charge in [0.05, 0.1) is 5.56 Å². The maximum atomic E-state index is 12.5. The fourth-order valence-corrected chi connectivity index (χ4v) is 2.95. The van der Waals surface area contributed by atoms with E-state index >= 15 is 0 Å². The molecule has 0 aliphatic heterocycles. The number of nitrogens with zero attached hydrogens (tertiary/aromatic N) is 1. The standard InChI is InChI=1S/C14H19BrN2O/c1-17(11-5-3-2-4-6-11)14(18)12-9-10(16)7-8-13(12)15/h7-9,11H,2-6,16H2,1H3. The summed E-state index contributed by atoms with van der Waals surface area (Å²) in [7, 11) is 1.90. The van der Waals surface area contributed by atoms with Gasteiger partial charge in [0.25, 0.3) is 5.91 Å². The van der Waals surface area contributed by atoms with Crippen LogP contribution < -0.4 is 5.73 Å². The van der Waals surface area contributed by atoms with Crippen molar-refractivity contribution < 1.29 is 4.79 Å². The molecule has 1 fully saturated rings. The van der Waals surface area contributed by atoms with Crippen LogP contribution in [-0.4, -0.2) is 23.9 Å². The SMILES string of the molecule is CN(C(=O)c1cc(N)ccc1Br)C1CCCCC1. The quantitative estimate of drug-likeness (QED) is 0.851. The number of carbonyl (C=O) groups is 1. The van der Waals surface area contributed by atoms with Crippen molar-refractivity contribution in [2.24, 2.45) is 0 Å². The molecule has 0 atom stereocenters. The summed E-state index contributed by atoms with van der Waals surface area (Å²) < 4.78 is 0.810. The van der Waals surface area contributed by atoms with Gasteiger partial charge >= 0.3 is 0 Å². The van der Waals surface area contributed by atoms with Crippen LogP contribution in [0.1, 0.15) is 42.5 Å². The highest BCUT2D eigenvalue weighted by Gasteiger charge is 2.24. The number of rotatable bonds is 2. The monoisotopic (exact) mass is 310 g/mol. The number of hydrogen-bond donors (Lipinski definition) is 1. The third-order valence-electron chi connectivity index (χ3n) is 3.66. The molecule has 3 nitrogen and oxygen atoms in total. The molecule has 1 saturated carbocycles. The second kappa shape index (κ2) is 5.74. The van der Waals surface area contributed by atoms with E-state index in [1.165, 1.54) is 19.3 Å². The minimum absolute atomic E-state index is 0.0566. The Labute approximate surface area is 116 Å². The molecule has 2 rings (SSSR count). The maximum absolute atomic E-state index is 12.5. The third kappa shape index (κ3) is 2.86. The van der Waals surface area contributed by atoms with Gasteiger partial charge in [0.2, 0.25) is 0 Å². The average Bonchev–Trinajstić information content (AvgIpc) is 2.41. The summed E-state index contributed by atoms with van der Waals surface area (Å²) in [5.41, 5.74) is 7.03. The van der Waals surface area contributed by atoms with Crippen molar-refractivity contribution in [2.45, 2.75) is 38.1 Å². The lowest BCUT2D eigenvalue weighted by Crippen LogP contribution is -2.38. The van der Waals surface area contributed by atoms with Gasteiger partial charge in [-0.25, -0.2) is 0 Å². The molecule has 0 aromatic heterocycles. The van der Waals surface area contributed by atoms with E-state index in [2.05, 4.69) is 15.9 Å². The van der Waals surface area contributed by atoms with Gasteiger partial charge in [-0.1, -0.05) is 19.3 Å². The number of nitrogens with two attached hydrogens (primary N) is 1. The highest BCUT2D eigenvalue weighted by Crippen LogP contribution is 2.26. The van der Waals surface area contributed by atoms with Crippen molar-refractivity contribution in [3.63, 3.8) is 0 Å². The fourth-order valence-electron chi connectivity index (χ4n) is 2.53. The van der Waals surface area contributed by atoms with E-state index in [-0.39, 0.29) is 5.91 Å². The van der Waals surface area contributed by atoms with Crippen molar-refractivity contribution in [3.8, 4) is 0 Å². The minimum atomic E-state index is 0.0566. The lowest BCUT2D eigenvalue weighted by atomic mass is 9.94. The summed E-state index contributed by atoms with van der Waals surface area (Å²) in [6, 6.07) is 5.74. The Hall–Kier alpha value is -1.03. The van der Waals surface area contributed by atoms with Gasteiger partial charge < -0.3 is 10.6 Å². The molecule has 1 aromatic carbocycles. The smallest absolute Gasteiger partial charge is 0.255 e. The largest absolute Gasteiger partial charge is 0.399 e. The van der Waals surface area contributed by atoms with E-state index in [1.54, 1.807) is 12.1 Å². The van der Waals surface area contributed by atoms with Gasteiger partial charge in [0, 0.05) is 23.2 Å². The van der Waals surface area contributed by atoms with E-state index in [1.807, 2.05) is 18.0 Å². The van der Waals surface area contributed by atoms with Crippen LogP contribution in [0.3, 0.4) is 0 Å². The molecule has 1 aliphatic carbocycles. The normalized spacial score (nSPS) is 16.6. The molecule has 0 bridgehead atoms. The first-order chi connectivity index (χ1) is 8.59. The first kappa shape index (κ1) is 13.4. The highest BCUT2D eigenvalue weighted by molar-refractivity contribution is 9.10. The van der Waals surface area contributed by atoms with Crippen molar-refractivity contribution >= 4 is 27.5 Å². The molecule has 0 saturated heterocycles. The molecule has 2 N–H and O–H groups in total. The van der Waals surface area contributed by atoms with Gasteiger partial charge in [-0.3, -0.25) is 4.79 Å². The summed E-state index contributed by atoms with van der Waals surface area (Å²) in [5.74, 6) is 0.0566. The van der Waals surface area contributed by atoms with Crippen molar-refractivity contribution in [1.29, 1.82) is 0 Å². The molecule has 0 spiro atoms. The van der Waals surface area contributed by atoms with E-state index in [4.69, 9.17) is 5.73 Å². The first-order valence-electron chi connectivity index (χ1n) is 6.42. The second-order valence-corrected chi connectivity index (χ2v) is 5.80. The number of amides is 1. The van der Waals surface area contributed by atoms with Crippen LogP contribution in [0.5, 0.6) is 0 Å². The number of anilines is 1. The van der Waals surface area contributed by atoms with E-state index in [9.17, 15) is 4.79 Å². The first-order valence-corrected chi connectivity index (χ1v) is 7.21. The molecular formula is C14H19BrN2O. The van der Waals surface area contributed by atoms with Gasteiger partial charge in [-0.05, 0) is 47.0 Å². The Morgan fingerprint density at radius 2 is 2.00 bits per heavy atom. The minimum Gasteiger partial charge on any atom is -0.399 e. The Morgan fingerprint density at radius 1 is 1.33 bits per heavy atom. The van der Waals surface area contributed by atoms with Crippen LogP contribution >= 0.6 is 15.9 Å². The molecule has 1 aromatic rings. The zero-order chi connectivity index (χ0) is 13.1. The number of carbonyl (C=O) groups excluding carboxylic acids is 1. The number of benzene rings is 1. The lowest BCUT2D eigenvalue weighted by Gasteiger charge is -2.31. The highest BCUT2D eigenvalue weighted by atomic mass is 79.9. The van der Waals surface area contributed by atoms with E-state index in [0.29, 0.717) is 17.3 Å². The van der Waals surface area contributed by atoms with Crippen LogP contribution in [0.15, 0.2) is 22.7 Å². The second-order valence-electron chi connectivity index (χ2n) is 4.95. The van der Waals surface area contributed by atoms with Crippen LogP contribution in [0.4, 0.5) is 5.69 Å². The molecular weight excluding hydrogens is 292 g/mol. The Bertz CT molecular complexity index is 441. The van der Waals surface area contributed by atoms with Crippen LogP contribution in [-0.2, 0) is 0 Å². The van der Waals surface area contributed by atoms with E-state index in [0.717, 1.165) is 17.3 Å². The van der Waals surface area contributed by atoms with Crippen LogP contribution in [0.25, 0.3) is 0 Å². The molecule has 1 aliphatic rings. The predicted octanol–water partition coefficient (Wildman–Crippen LogP) is 3.44. The molecule has 98 valence electrons. The fraction of sp³-hybridized carbons (Fsp3) is 0.500. The van der Waals surface area contributed by atoms with Crippen molar-refractivity contribution in [2.75, 3.05) is 12.8 Å². The molecule has 0 unspecified atom stereocenters. The predicted molar refractivity (Wildman–Crippen MR) is 77.5 cm³/mol. The lowest BCUT2D eigenvalue weighted by molar-refractivity contribution is 0.0695. The number of nitrogen functional groups attached to an aromatic ring is 1. The van der Waals surface area contributed by atoms with Crippen LogP contribution in [0, 0.1) is 0 Å². The Balaban J connectivity index is 2.16. The summed E-state index contributed by atoms with van der Waals surface area (Å²) >= 11 is 3.42. The number of hydrogen-bond acceptors (Lipinski definition) is 2. The maximum Gasteiger partial charge on any atom is 0.255 e. The van der Waals surface area contributed by atoms with E-state index < -0.39 is 0 Å². The molecule has 0 radical (unpaired) electrons. The van der Waals surface area contributed by atoms with Crippen molar-refractivity contribution in [3.05, 3.63) is 28.2 Å². The zero-order valence-corrected chi connectivity index (χ0v) is 12.2. The molecule has 1 amide bonds. The number of halogens is 1.